The van der Waals surface area contributed by atoms with Crippen LogP contribution in [0.15, 0.2) is 0 Å². The summed E-state index contributed by atoms with van der Waals surface area (Å²) in [5.74, 6) is -0.626. The minimum Gasteiger partial charge on any atom is -0.481 e. The number of carboxylic acid groups (broad SMARTS) is 1. The Morgan fingerprint density at radius 2 is 2.21 bits per heavy atom. The predicted molar refractivity (Wildman–Crippen MR) is 46.1 cm³/mol. The lowest BCUT2D eigenvalue weighted by Crippen LogP contribution is -2.38. The van der Waals surface area contributed by atoms with Crippen LogP contribution in [0, 0.1) is 17.3 Å². The van der Waals surface area contributed by atoms with Gasteiger partial charge in [-0.1, -0.05) is 6.42 Å². The Bertz CT molecular complexity index is 255. The van der Waals surface area contributed by atoms with Gasteiger partial charge in [-0.3, -0.25) is 4.79 Å². The lowest BCUT2D eigenvalue weighted by Gasteiger charge is -2.33. The Morgan fingerprint density at radius 1 is 1.50 bits per heavy atom. The third kappa shape index (κ3) is 1.31. The number of carboxylic acids is 1. The summed E-state index contributed by atoms with van der Waals surface area (Å²) in [7, 11) is 0. The molecule has 2 bridgehead atoms. The average Bonchev–Trinajstić information content (AvgIpc) is 2.61. The van der Waals surface area contributed by atoms with Gasteiger partial charge in [-0.05, 0) is 31.1 Å². The molecule has 2 fully saturated rings. The average molecular weight is 204 g/mol. The highest BCUT2D eigenvalue weighted by molar-refractivity contribution is 5.76. The van der Waals surface area contributed by atoms with Crippen molar-refractivity contribution in [2.75, 3.05) is 0 Å². The second kappa shape index (κ2) is 3.17. The van der Waals surface area contributed by atoms with Crippen LogP contribution in [0.2, 0.25) is 0 Å². The Labute approximate surface area is 81.3 Å². The lowest BCUT2D eigenvalue weighted by molar-refractivity contribution is -0.155. The van der Waals surface area contributed by atoms with Crippen molar-refractivity contribution in [3.63, 3.8) is 0 Å². The maximum Gasteiger partial charge on any atom is 0.310 e. The Hall–Kier alpha value is -0.670. The third-order valence-corrected chi connectivity index (χ3v) is 3.92. The van der Waals surface area contributed by atoms with Crippen molar-refractivity contribution in [3.05, 3.63) is 0 Å². The monoisotopic (exact) mass is 204 g/mol. The molecule has 0 radical (unpaired) electrons. The predicted octanol–water partition coefficient (Wildman–Crippen LogP) is 2.53. The van der Waals surface area contributed by atoms with E-state index in [0.29, 0.717) is 12.3 Å². The van der Waals surface area contributed by atoms with Crippen LogP contribution in [0.3, 0.4) is 0 Å². The number of rotatable bonds is 3. The molecule has 2 nitrogen and oxygen atoms in total. The van der Waals surface area contributed by atoms with Gasteiger partial charge in [0.1, 0.15) is 0 Å². The maximum absolute atomic E-state index is 12.4. The standard InChI is InChI=1S/C10H14F2O2/c11-8(12)5-10(9(13)14)4-6-1-2-7(10)3-6/h6-8H,1-5H2,(H,13,14). The molecule has 0 spiro atoms. The number of fused-ring (bicyclic) bond motifs is 2. The molecule has 0 aromatic heterocycles. The molecule has 3 atom stereocenters. The summed E-state index contributed by atoms with van der Waals surface area (Å²) in [5.41, 5.74) is -1.10. The first-order valence-corrected chi connectivity index (χ1v) is 5.06. The van der Waals surface area contributed by atoms with E-state index < -0.39 is 24.2 Å². The van der Waals surface area contributed by atoms with Gasteiger partial charge in [-0.2, -0.15) is 0 Å². The fourth-order valence-corrected chi connectivity index (χ4v) is 3.32. The lowest BCUT2D eigenvalue weighted by atomic mass is 9.71. The molecular formula is C10H14F2O2. The maximum atomic E-state index is 12.4. The highest BCUT2D eigenvalue weighted by Crippen LogP contribution is 2.58. The molecule has 0 saturated heterocycles. The molecule has 0 aromatic carbocycles. The van der Waals surface area contributed by atoms with Gasteiger partial charge in [0.15, 0.2) is 0 Å². The zero-order valence-electron chi connectivity index (χ0n) is 7.88. The van der Waals surface area contributed by atoms with Crippen molar-refractivity contribution in [2.24, 2.45) is 17.3 Å². The quantitative estimate of drug-likeness (QED) is 0.767. The first-order chi connectivity index (χ1) is 6.54. The Kier molecular flexibility index (Phi) is 2.24. The van der Waals surface area contributed by atoms with Crippen LogP contribution >= 0.6 is 0 Å². The van der Waals surface area contributed by atoms with Crippen LogP contribution in [0.25, 0.3) is 0 Å². The number of carbonyl (C=O) groups is 1. The van der Waals surface area contributed by atoms with Crippen molar-refractivity contribution in [1.29, 1.82) is 0 Å². The SMILES string of the molecule is O=C(O)C1(CC(F)F)CC2CCC1C2. The van der Waals surface area contributed by atoms with E-state index in [2.05, 4.69) is 0 Å². The summed E-state index contributed by atoms with van der Waals surface area (Å²) in [4.78, 5) is 11.1. The van der Waals surface area contributed by atoms with E-state index >= 15 is 0 Å². The van der Waals surface area contributed by atoms with Gasteiger partial charge < -0.3 is 5.11 Å². The highest BCUT2D eigenvalue weighted by atomic mass is 19.3. The summed E-state index contributed by atoms with van der Waals surface area (Å²) in [6.45, 7) is 0. The largest absolute Gasteiger partial charge is 0.481 e. The van der Waals surface area contributed by atoms with E-state index in [9.17, 15) is 13.6 Å². The fraction of sp³-hybridized carbons (Fsp3) is 0.900. The molecule has 80 valence electrons. The van der Waals surface area contributed by atoms with Gasteiger partial charge in [0.25, 0.3) is 0 Å². The van der Waals surface area contributed by atoms with Crippen molar-refractivity contribution in [1.82, 2.24) is 0 Å². The molecule has 0 aliphatic heterocycles. The molecule has 0 heterocycles. The normalized spacial score (nSPS) is 40.8. The highest BCUT2D eigenvalue weighted by Gasteiger charge is 2.56. The molecular weight excluding hydrogens is 190 g/mol. The van der Waals surface area contributed by atoms with Crippen molar-refractivity contribution < 1.29 is 18.7 Å². The summed E-state index contributed by atoms with van der Waals surface area (Å²) in [6, 6.07) is 0. The van der Waals surface area contributed by atoms with Gasteiger partial charge in [0, 0.05) is 6.42 Å². The fourth-order valence-electron chi connectivity index (χ4n) is 3.32. The first kappa shape index (κ1) is 9.87. The van der Waals surface area contributed by atoms with Gasteiger partial charge in [0.05, 0.1) is 5.41 Å². The van der Waals surface area contributed by atoms with Crippen molar-refractivity contribution in [2.45, 2.75) is 38.5 Å². The summed E-state index contributed by atoms with van der Waals surface area (Å²) >= 11 is 0. The van der Waals surface area contributed by atoms with E-state index in [0.717, 1.165) is 19.3 Å². The number of hydrogen-bond acceptors (Lipinski definition) is 1. The zero-order chi connectivity index (χ0) is 10.3. The van der Waals surface area contributed by atoms with Crippen molar-refractivity contribution >= 4 is 5.97 Å². The number of hydrogen-bond donors (Lipinski definition) is 1. The van der Waals surface area contributed by atoms with Crippen LogP contribution in [0.4, 0.5) is 8.78 Å². The molecule has 4 heteroatoms. The van der Waals surface area contributed by atoms with Gasteiger partial charge in [-0.25, -0.2) is 8.78 Å². The summed E-state index contributed by atoms with van der Waals surface area (Å²) in [5, 5.41) is 9.10. The van der Waals surface area contributed by atoms with Gasteiger partial charge in [0.2, 0.25) is 6.43 Å². The van der Waals surface area contributed by atoms with E-state index in [1.54, 1.807) is 0 Å². The molecule has 14 heavy (non-hydrogen) atoms. The topological polar surface area (TPSA) is 37.3 Å². The Morgan fingerprint density at radius 3 is 2.57 bits per heavy atom. The summed E-state index contributed by atoms with van der Waals surface area (Å²) in [6.07, 6.45) is 0.220. The minimum absolute atomic E-state index is 0.000926. The van der Waals surface area contributed by atoms with Crippen LogP contribution < -0.4 is 0 Å². The molecule has 2 aliphatic rings. The van der Waals surface area contributed by atoms with Crippen LogP contribution in [-0.2, 0) is 4.79 Å². The smallest absolute Gasteiger partial charge is 0.310 e. The van der Waals surface area contributed by atoms with Crippen LogP contribution in [-0.4, -0.2) is 17.5 Å². The molecule has 2 aliphatic carbocycles. The van der Waals surface area contributed by atoms with Crippen molar-refractivity contribution in [3.8, 4) is 0 Å². The molecule has 2 rings (SSSR count). The number of alkyl halides is 2. The Balaban J connectivity index is 2.20. The summed E-state index contributed by atoms with van der Waals surface area (Å²) < 4.78 is 24.7. The van der Waals surface area contributed by atoms with E-state index in [1.165, 1.54) is 0 Å². The first-order valence-electron chi connectivity index (χ1n) is 5.06. The molecule has 0 aromatic rings. The van der Waals surface area contributed by atoms with Gasteiger partial charge in [-0.15, -0.1) is 0 Å². The van der Waals surface area contributed by atoms with Crippen LogP contribution in [0.1, 0.15) is 32.1 Å². The number of aliphatic carboxylic acids is 1. The van der Waals surface area contributed by atoms with Crippen LogP contribution in [0.5, 0.6) is 0 Å². The second-order valence-electron chi connectivity index (χ2n) is 4.64. The van der Waals surface area contributed by atoms with E-state index in [-0.39, 0.29) is 5.92 Å². The minimum atomic E-state index is -2.49. The van der Waals surface area contributed by atoms with E-state index in [4.69, 9.17) is 5.11 Å². The third-order valence-electron chi connectivity index (χ3n) is 3.92. The molecule has 2 saturated carbocycles. The molecule has 1 N–H and O–H groups in total. The van der Waals surface area contributed by atoms with E-state index in [1.807, 2.05) is 0 Å². The van der Waals surface area contributed by atoms with Gasteiger partial charge >= 0.3 is 5.97 Å². The molecule has 3 unspecified atom stereocenters. The zero-order valence-corrected chi connectivity index (χ0v) is 7.88. The second-order valence-corrected chi connectivity index (χ2v) is 4.64. The molecule has 0 amide bonds. The number of halogens is 2.